The van der Waals surface area contributed by atoms with E-state index in [2.05, 4.69) is 25.7 Å². The number of aliphatic hydroxyl groups excluding tert-OH is 1. The molecule has 0 aliphatic heterocycles. The molecule has 4 aliphatic carbocycles. The van der Waals surface area contributed by atoms with Gasteiger partial charge in [0.25, 0.3) is 0 Å². The van der Waals surface area contributed by atoms with Crippen LogP contribution < -0.4 is 0 Å². The third kappa shape index (κ3) is 11.0. The molecular weight excluding hydrogens is 528 g/mol. The number of allylic oxidation sites excluding steroid dienone is 2. The standard InChI is InChI=1S/C40H68O3/c1-4-6-7-9-33-14-17-39-29-38(23-22-37(39)28-33)36-20-18-35(19-21-36)34-15-12-31(13-16-34)10-8-11-32(24-26-41)25-27-43-40(42)30(3)5-2/h4,6,31-39,41H,3,5,7-29H2,1-2H3/b6-4+. The maximum atomic E-state index is 11.9. The van der Waals surface area contributed by atoms with Gasteiger partial charge in [-0.05, 0) is 163 Å². The largest absolute Gasteiger partial charge is 0.462 e. The van der Waals surface area contributed by atoms with Gasteiger partial charge in [0.1, 0.15) is 0 Å². The summed E-state index contributed by atoms with van der Waals surface area (Å²) >= 11 is 0. The molecule has 4 rings (SSSR count). The molecule has 5 unspecified atom stereocenters. The van der Waals surface area contributed by atoms with Crippen molar-refractivity contribution in [2.24, 2.45) is 53.3 Å². The van der Waals surface area contributed by atoms with Crippen molar-refractivity contribution in [1.82, 2.24) is 0 Å². The zero-order chi connectivity index (χ0) is 30.4. The molecule has 3 nitrogen and oxygen atoms in total. The van der Waals surface area contributed by atoms with Crippen molar-refractivity contribution in [3.63, 3.8) is 0 Å². The molecule has 4 saturated carbocycles. The average molecular weight is 597 g/mol. The lowest BCUT2D eigenvalue weighted by molar-refractivity contribution is -0.139. The molecular formula is C40H68O3. The van der Waals surface area contributed by atoms with Crippen LogP contribution >= 0.6 is 0 Å². The summed E-state index contributed by atoms with van der Waals surface area (Å²) in [5.41, 5.74) is 0.549. The number of ether oxygens (including phenoxy) is 1. The minimum atomic E-state index is -0.258. The highest BCUT2D eigenvalue weighted by Crippen LogP contribution is 2.51. The van der Waals surface area contributed by atoms with Crippen LogP contribution in [0, 0.1) is 53.3 Å². The fourth-order valence-corrected chi connectivity index (χ4v) is 10.1. The van der Waals surface area contributed by atoms with E-state index in [0.29, 0.717) is 24.5 Å². The predicted octanol–water partition coefficient (Wildman–Crippen LogP) is 10.9. The van der Waals surface area contributed by atoms with E-state index in [1.807, 2.05) is 6.92 Å². The Balaban J connectivity index is 1.07. The molecule has 0 bridgehead atoms. The van der Waals surface area contributed by atoms with Crippen LogP contribution in [0.2, 0.25) is 0 Å². The highest BCUT2D eigenvalue weighted by molar-refractivity contribution is 5.87. The minimum absolute atomic E-state index is 0.229. The number of carbonyl (C=O) groups excluding carboxylic acids is 1. The number of fused-ring (bicyclic) bond motifs is 1. The van der Waals surface area contributed by atoms with E-state index in [0.717, 1.165) is 66.6 Å². The van der Waals surface area contributed by atoms with Crippen molar-refractivity contribution in [2.45, 2.75) is 155 Å². The zero-order valence-corrected chi connectivity index (χ0v) is 28.3. The molecule has 4 fully saturated rings. The molecule has 0 aromatic heterocycles. The summed E-state index contributed by atoms with van der Waals surface area (Å²) in [7, 11) is 0. The predicted molar refractivity (Wildman–Crippen MR) is 181 cm³/mol. The van der Waals surface area contributed by atoms with Crippen molar-refractivity contribution in [2.75, 3.05) is 13.2 Å². The van der Waals surface area contributed by atoms with Crippen molar-refractivity contribution < 1.29 is 14.6 Å². The van der Waals surface area contributed by atoms with Crippen LogP contribution in [0.1, 0.15) is 155 Å². The van der Waals surface area contributed by atoms with E-state index in [-0.39, 0.29) is 12.6 Å². The molecule has 43 heavy (non-hydrogen) atoms. The van der Waals surface area contributed by atoms with Crippen molar-refractivity contribution >= 4 is 5.97 Å². The normalized spacial score (nSPS) is 34.0. The second-order valence-electron chi connectivity index (χ2n) is 15.6. The highest BCUT2D eigenvalue weighted by atomic mass is 16.5. The zero-order valence-electron chi connectivity index (χ0n) is 28.3. The third-order valence-corrected chi connectivity index (χ3v) is 13.0. The maximum absolute atomic E-state index is 11.9. The van der Waals surface area contributed by atoms with Gasteiger partial charge in [-0.15, -0.1) is 0 Å². The second kappa shape index (κ2) is 18.8. The Kier molecular flexibility index (Phi) is 15.2. The summed E-state index contributed by atoms with van der Waals surface area (Å²) < 4.78 is 5.39. The van der Waals surface area contributed by atoms with E-state index in [9.17, 15) is 9.90 Å². The monoisotopic (exact) mass is 597 g/mol. The first-order valence-electron chi connectivity index (χ1n) is 19.1. The molecule has 1 N–H and O–H groups in total. The number of esters is 1. The lowest BCUT2D eigenvalue weighted by Gasteiger charge is -2.46. The Morgan fingerprint density at radius 1 is 0.767 bits per heavy atom. The lowest BCUT2D eigenvalue weighted by atomic mass is 9.60. The van der Waals surface area contributed by atoms with E-state index >= 15 is 0 Å². The molecule has 5 atom stereocenters. The van der Waals surface area contributed by atoms with Crippen LogP contribution in [0.25, 0.3) is 0 Å². The Morgan fingerprint density at radius 2 is 1.33 bits per heavy atom. The van der Waals surface area contributed by atoms with Crippen molar-refractivity contribution in [3.05, 3.63) is 24.3 Å². The average Bonchev–Trinajstić information content (AvgIpc) is 3.04. The van der Waals surface area contributed by atoms with E-state index < -0.39 is 0 Å². The van der Waals surface area contributed by atoms with Gasteiger partial charge in [0.2, 0.25) is 0 Å². The van der Waals surface area contributed by atoms with Crippen LogP contribution in [-0.4, -0.2) is 24.3 Å². The lowest BCUT2D eigenvalue weighted by Crippen LogP contribution is -2.35. The molecule has 0 saturated heterocycles. The maximum Gasteiger partial charge on any atom is 0.333 e. The Bertz CT molecular complexity index is 831. The van der Waals surface area contributed by atoms with Crippen LogP contribution in [0.4, 0.5) is 0 Å². The van der Waals surface area contributed by atoms with Crippen LogP contribution in [0.5, 0.6) is 0 Å². The van der Waals surface area contributed by atoms with Crippen molar-refractivity contribution in [1.29, 1.82) is 0 Å². The van der Waals surface area contributed by atoms with Gasteiger partial charge < -0.3 is 9.84 Å². The molecule has 246 valence electrons. The summed E-state index contributed by atoms with van der Waals surface area (Å²) in [5, 5.41) is 9.52. The molecule has 0 radical (unpaired) electrons. The summed E-state index contributed by atoms with van der Waals surface area (Å²) in [6.07, 6.45) is 34.6. The molecule has 0 aromatic carbocycles. The summed E-state index contributed by atoms with van der Waals surface area (Å²) in [5.74, 6) is 8.35. The minimum Gasteiger partial charge on any atom is -0.462 e. The molecule has 3 heteroatoms. The van der Waals surface area contributed by atoms with E-state index in [4.69, 9.17) is 4.74 Å². The smallest absolute Gasteiger partial charge is 0.333 e. The molecule has 0 amide bonds. The fraction of sp³-hybridized carbons (Fsp3) is 0.875. The highest BCUT2D eigenvalue weighted by Gasteiger charge is 2.39. The van der Waals surface area contributed by atoms with Crippen molar-refractivity contribution in [3.8, 4) is 0 Å². The number of rotatable bonds is 16. The molecule has 0 heterocycles. The summed E-state index contributed by atoms with van der Waals surface area (Å²) in [4.78, 5) is 11.9. The van der Waals surface area contributed by atoms with E-state index in [1.54, 1.807) is 25.7 Å². The summed E-state index contributed by atoms with van der Waals surface area (Å²) in [6, 6.07) is 0. The molecule has 0 aromatic rings. The first kappa shape index (κ1) is 34.8. The van der Waals surface area contributed by atoms with Crippen LogP contribution in [-0.2, 0) is 9.53 Å². The van der Waals surface area contributed by atoms with Gasteiger partial charge in [0.15, 0.2) is 0 Å². The number of aliphatic hydroxyl groups is 1. The van der Waals surface area contributed by atoms with Gasteiger partial charge in [0.05, 0.1) is 6.61 Å². The number of hydrogen-bond donors (Lipinski definition) is 1. The first-order valence-corrected chi connectivity index (χ1v) is 19.1. The number of hydrogen-bond acceptors (Lipinski definition) is 3. The number of carbonyl (C=O) groups is 1. The quantitative estimate of drug-likeness (QED) is 0.109. The van der Waals surface area contributed by atoms with Crippen LogP contribution in [0.15, 0.2) is 24.3 Å². The van der Waals surface area contributed by atoms with Gasteiger partial charge in [-0.25, -0.2) is 4.79 Å². The molecule has 0 spiro atoms. The topological polar surface area (TPSA) is 46.5 Å². The Morgan fingerprint density at radius 3 is 1.98 bits per heavy atom. The third-order valence-electron chi connectivity index (χ3n) is 13.0. The van der Waals surface area contributed by atoms with Gasteiger partial charge >= 0.3 is 5.97 Å². The van der Waals surface area contributed by atoms with E-state index in [1.165, 1.54) is 89.9 Å². The Labute approximate surface area is 266 Å². The van der Waals surface area contributed by atoms with Gasteiger partial charge in [-0.1, -0.05) is 64.2 Å². The second-order valence-corrected chi connectivity index (χ2v) is 15.6. The molecule has 4 aliphatic rings. The van der Waals surface area contributed by atoms with Gasteiger partial charge in [-0.3, -0.25) is 0 Å². The van der Waals surface area contributed by atoms with Crippen LogP contribution in [0.3, 0.4) is 0 Å². The first-order chi connectivity index (χ1) is 21.0. The van der Waals surface area contributed by atoms with Gasteiger partial charge in [0, 0.05) is 12.2 Å². The SMILES string of the molecule is C=C(CC)C(=O)OCCC(CCO)CCCC1CCC(C2CCC(C3CCC4CC(CC/C=C/C)CCC4C3)CC2)CC1. The fourth-order valence-electron chi connectivity index (χ4n) is 10.1. The summed E-state index contributed by atoms with van der Waals surface area (Å²) in [6.45, 7) is 8.55. The Hall–Kier alpha value is -1.09. The van der Waals surface area contributed by atoms with Gasteiger partial charge in [-0.2, -0.15) is 0 Å².